The SMILES string of the molecule is COC(=O)C1=C(Nc2ccc([N+](=O)[O-])cc2C)C(=O)N(CCO)C1. The number of nitrogens with one attached hydrogen (secondary N) is 1. The van der Waals surface area contributed by atoms with Crippen molar-refractivity contribution in [1.82, 2.24) is 4.90 Å². The minimum Gasteiger partial charge on any atom is -0.466 e. The molecule has 1 heterocycles. The molecule has 1 amide bonds. The summed E-state index contributed by atoms with van der Waals surface area (Å²) in [4.78, 5) is 35.9. The molecule has 1 aliphatic rings. The molecule has 0 radical (unpaired) electrons. The number of anilines is 1. The van der Waals surface area contributed by atoms with Crippen molar-refractivity contribution in [2.75, 3.05) is 32.1 Å². The topological polar surface area (TPSA) is 122 Å². The number of amides is 1. The molecule has 9 heteroatoms. The molecule has 1 aromatic carbocycles. The van der Waals surface area contributed by atoms with Crippen molar-refractivity contribution < 1.29 is 24.4 Å². The number of non-ortho nitro benzene ring substituents is 1. The first-order chi connectivity index (χ1) is 11.4. The standard InChI is InChI=1S/C15H17N3O6/c1-9-7-10(18(22)23)3-4-12(9)16-13-11(15(21)24-2)8-17(5-6-19)14(13)20/h3-4,7,16,19H,5-6,8H2,1-2H3. The molecule has 0 saturated heterocycles. The van der Waals surface area contributed by atoms with Crippen LogP contribution in [-0.4, -0.2) is 53.6 Å². The van der Waals surface area contributed by atoms with Crippen LogP contribution in [0.3, 0.4) is 0 Å². The van der Waals surface area contributed by atoms with Crippen LogP contribution in [0.4, 0.5) is 11.4 Å². The van der Waals surface area contributed by atoms with Crippen LogP contribution in [-0.2, 0) is 14.3 Å². The highest BCUT2D eigenvalue weighted by atomic mass is 16.6. The van der Waals surface area contributed by atoms with Crippen molar-refractivity contribution in [1.29, 1.82) is 0 Å². The Kier molecular flexibility index (Phi) is 5.14. The van der Waals surface area contributed by atoms with Gasteiger partial charge in [-0.1, -0.05) is 0 Å². The Bertz CT molecular complexity index is 728. The van der Waals surface area contributed by atoms with Crippen LogP contribution < -0.4 is 5.32 Å². The first-order valence-electron chi connectivity index (χ1n) is 7.12. The summed E-state index contributed by atoms with van der Waals surface area (Å²) in [7, 11) is 1.21. The Morgan fingerprint density at radius 3 is 2.75 bits per heavy atom. The molecule has 0 saturated carbocycles. The van der Waals surface area contributed by atoms with Crippen LogP contribution in [0, 0.1) is 17.0 Å². The van der Waals surface area contributed by atoms with Gasteiger partial charge in [-0.3, -0.25) is 14.9 Å². The number of β-amino-alcohol motifs (C(OH)–C–C–N with tert-alkyl or cyclic N) is 1. The lowest BCUT2D eigenvalue weighted by molar-refractivity contribution is -0.384. The predicted octanol–water partition coefficient (Wildman–Crippen LogP) is 0.577. The van der Waals surface area contributed by atoms with Gasteiger partial charge in [0.1, 0.15) is 5.70 Å². The first-order valence-corrected chi connectivity index (χ1v) is 7.12. The number of nitrogens with zero attached hydrogens (tertiary/aromatic N) is 2. The number of hydrogen-bond donors (Lipinski definition) is 2. The molecule has 9 nitrogen and oxygen atoms in total. The molecule has 0 aromatic heterocycles. The van der Waals surface area contributed by atoms with Crippen LogP contribution in [0.5, 0.6) is 0 Å². The quantitative estimate of drug-likeness (QED) is 0.443. The fourth-order valence-electron chi connectivity index (χ4n) is 2.39. The summed E-state index contributed by atoms with van der Waals surface area (Å²) in [5, 5.41) is 22.7. The molecule has 1 aromatic rings. The summed E-state index contributed by atoms with van der Waals surface area (Å²) in [5.41, 5.74) is 1.14. The monoisotopic (exact) mass is 335 g/mol. The van der Waals surface area contributed by atoms with Crippen LogP contribution >= 0.6 is 0 Å². The molecule has 0 aliphatic carbocycles. The van der Waals surface area contributed by atoms with E-state index in [1.54, 1.807) is 6.92 Å². The Hall–Kier alpha value is -2.94. The molecule has 2 N–H and O–H groups in total. The summed E-state index contributed by atoms with van der Waals surface area (Å²) in [6, 6.07) is 4.14. The molecule has 24 heavy (non-hydrogen) atoms. The Balaban J connectivity index is 2.35. The van der Waals surface area contributed by atoms with E-state index in [4.69, 9.17) is 9.84 Å². The molecule has 128 valence electrons. The van der Waals surface area contributed by atoms with Gasteiger partial charge in [0.15, 0.2) is 0 Å². The number of ether oxygens (including phenoxy) is 1. The van der Waals surface area contributed by atoms with E-state index in [-0.39, 0.29) is 36.7 Å². The van der Waals surface area contributed by atoms with E-state index in [1.165, 1.54) is 30.2 Å². The van der Waals surface area contributed by atoms with Crippen molar-refractivity contribution in [3.05, 3.63) is 45.1 Å². The average Bonchev–Trinajstić information content (AvgIpc) is 2.85. The van der Waals surface area contributed by atoms with Gasteiger partial charge < -0.3 is 20.1 Å². The minimum absolute atomic E-state index is 0.0282. The summed E-state index contributed by atoms with van der Waals surface area (Å²) in [6.07, 6.45) is 0. The largest absolute Gasteiger partial charge is 0.466 e. The van der Waals surface area contributed by atoms with Gasteiger partial charge in [-0.05, 0) is 18.6 Å². The van der Waals surface area contributed by atoms with Crippen LogP contribution in [0.2, 0.25) is 0 Å². The number of carbonyl (C=O) groups excluding carboxylic acids is 2. The highest BCUT2D eigenvalue weighted by Crippen LogP contribution is 2.26. The van der Waals surface area contributed by atoms with Gasteiger partial charge >= 0.3 is 5.97 Å². The van der Waals surface area contributed by atoms with Crippen LogP contribution in [0.15, 0.2) is 29.5 Å². The number of nitro benzene ring substituents is 1. The summed E-state index contributed by atoms with van der Waals surface area (Å²) >= 11 is 0. The Morgan fingerprint density at radius 1 is 1.50 bits per heavy atom. The lowest BCUT2D eigenvalue weighted by Crippen LogP contribution is -2.31. The van der Waals surface area contributed by atoms with E-state index in [9.17, 15) is 19.7 Å². The molecule has 0 unspecified atom stereocenters. The predicted molar refractivity (Wildman–Crippen MR) is 84.2 cm³/mol. The van der Waals surface area contributed by atoms with E-state index in [0.29, 0.717) is 11.3 Å². The van der Waals surface area contributed by atoms with Gasteiger partial charge in [0.25, 0.3) is 11.6 Å². The molecule has 2 rings (SSSR count). The van der Waals surface area contributed by atoms with E-state index >= 15 is 0 Å². The number of aryl methyl sites for hydroxylation is 1. The van der Waals surface area contributed by atoms with Gasteiger partial charge in [0.2, 0.25) is 0 Å². The van der Waals surface area contributed by atoms with Crippen molar-refractivity contribution in [2.45, 2.75) is 6.92 Å². The van der Waals surface area contributed by atoms with Gasteiger partial charge in [-0.25, -0.2) is 4.79 Å². The zero-order chi connectivity index (χ0) is 17.9. The molecule has 1 aliphatic heterocycles. The smallest absolute Gasteiger partial charge is 0.337 e. The Labute approximate surface area is 137 Å². The highest BCUT2D eigenvalue weighted by Gasteiger charge is 2.34. The zero-order valence-corrected chi connectivity index (χ0v) is 13.2. The number of benzene rings is 1. The second kappa shape index (κ2) is 7.09. The number of carbonyl (C=O) groups is 2. The molecule has 0 spiro atoms. The van der Waals surface area contributed by atoms with Gasteiger partial charge in [0.05, 0.1) is 30.8 Å². The minimum atomic E-state index is -0.647. The van der Waals surface area contributed by atoms with E-state index in [2.05, 4.69) is 5.32 Å². The highest BCUT2D eigenvalue weighted by molar-refractivity contribution is 6.08. The summed E-state index contributed by atoms with van der Waals surface area (Å²) in [6.45, 7) is 1.53. The molecule has 0 bridgehead atoms. The second-order valence-electron chi connectivity index (χ2n) is 5.18. The van der Waals surface area contributed by atoms with Crippen LogP contribution in [0.25, 0.3) is 0 Å². The maximum atomic E-state index is 12.4. The number of methoxy groups -OCH3 is 1. The third-order valence-corrected chi connectivity index (χ3v) is 3.63. The lowest BCUT2D eigenvalue weighted by Gasteiger charge is -2.15. The Morgan fingerprint density at radius 2 is 2.21 bits per heavy atom. The number of aliphatic hydroxyl groups is 1. The second-order valence-corrected chi connectivity index (χ2v) is 5.18. The van der Waals surface area contributed by atoms with Gasteiger partial charge in [0, 0.05) is 24.4 Å². The number of aliphatic hydroxyl groups excluding tert-OH is 1. The number of hydrogen-bond acceptors (Lipinski definition) is 7. The van der Waals surface area contributed by atoms with Crippen molar-refractivity contribution in [3.63, 3.8) is 0 Å². The fraction of sp³-hybridized carbons (Fsp3) is 0.333. The lowest BCUT2D eigenvalue weighted by atomic mass is 10.1. The molecular formula is C15H17N3O6. The summed E-state index contributed by atoms with van der Waals surface area (Å²) < 4.78 is 4.69. The van der Waals surface area contributed by atoms with Crippen LogP contribution in [0.1, 0.15) is 5.56 Å². The van der Waals surface area contributed by atoms with Crippen molar-refractivity contribution in [3.8, 4) is 0 Å². The molecular weight excluding hydrogens is 318 g/mol. The zero-order valence-electron chi connectivity index (χ0n) is 13.2. The number of nitro groups is 1. The average molecular weight is 335 g/mol. The first kappa shape index (κ1) is 17.4. The van der Waals surface area contributed by atoms with E-state index in [0.717, 1.165) is 0 Å². The van der Waals surface area contributed by atoms with Gasteiger partial charge in [-0.15, -0.1) is 0 Å². The number of rotatable bonds is 6. The molecule has 0 atom stereocenters. The van der Waals surface area contributed by atoms with Crippen molar-refractivity contribution >= 4 is 23.3 Å². The fourth-order valence-corrected chi connectivity index (χ4v) is 2.39. The third-order valence-electron chi connectivity index (χ3n) is 3.63. The van der Waals surface area contributed by atoms with E-state index < -0.39 is 16.8 Å². The normalized spacial score (nSPS) is 14.1. The maximum absolute atomic E-state index is 12.4. The van der Waals surface area contributed by atoms with Gasteiger partial charge in [-0.2, -0.15) is 0 Å². The third kappa shape index (κ3) is 3.35. The molecule has 0 fully saturated rings. The van der Waals surface area contributed by atoms with E-state index in [1.807, 2.05) is 0 Å². The van der Waals surface area contributed by atoms with Crippen molar-refractivity contribution in [2.24, 2.45) is 0 Å². The maximum Gasteiger partial charge on any atom is 0.337 e. The number of esters is 1. The summed E-state index contributed by atoms with van der Waals surface area (Å²) in [5.74, 6) is -1.09.